The van der Waals surface area contributed by atoms with Crippen molar-refractivity contribution in [2.75, 3.05) is 0 Å². The summed E-state index contributed by atoms with van der Waals surface area (Å²) in [5.74, 6) is 0.572. The zero-order valence-corrected chi connectivity index (χ0v) is 9.32. The van der Waals surface area contributed by atoms with E-state index in [-0.39, 0.29) is 0 Å². The van der Waals surface area contributed by atoms with E-state index in [0.717, 1.165) is 5.69 Å². The highest BCUT2D eigenvalue weighted by Gasteiger charge is 2.25. The molecule has 1 aromatic carbocycles. The standard InChI is InChI=1S/C12H13BN2O2/c16-13(17)11-6-10(9-2-3-9)7-12(8-11)15-5-1-4-14-15/h1,4-9,16-17H,2-3H2. The van der Waals surface area contributed by atoms with E-state index in [1.807, 2.05) is 18.3 Å². The third-order valence-corrected chi connectivity index (χ3v) is 3.08. The van der Waals surface area contributed by atoms with Crippen LogP contribution in [0.15, 0.2) is 36.7 Å². The summed E-state index contributed by atoms with van der Waals surface area (Å²) in [5, 5.41) is 22.8. The van der Waals surface area contributed by atoms with Crippen LogP contribution in [0.5, 0.6) is 0 Å². The minimum Gasteiger partial charge on any atom is -0.423 e. The third kappa shape index (κ3) is 2.11. The van der Waals surface area contributed by atoms with Crippen molar-refractivity contribution < 1.29 is 10.0 Å². The van der Waals surface area contributed by atoms with Crippen LogP contribution in [0, 0.1) is 0 Å². The molecule has 1 fully saturated rings. The van der Waals surface area contributed by atoms with E-state index in [1.54, 1.807) is 16.9 Å². The molecule has 5 heteroatoms. The summed E-state index contributed by atoms with van der Waals surface area (Å²) in [5.41, 5.74) is 2.57. The minimum atomic E-state index is -1.43. The highest BCUT2D eigenvalue weighted by Crippen LogP contribution is 2.40. The molecule has 0 bridgehead atoms. The summed E-state index contributed by atoms with van der Waals surface area (Å²) < 4.78 is 1.73. The normalized spacial score (nSPS) is 14.9. The van der Waals surface area contributed by atoms with Crippen molar-refractivity contribution in [3.8, 4) is 5.69 Å². The van der Waals surface area contributed by atoms with Gasteiger partial charge in [-0.3, -0.25) is 0 Å². The van der Waals surface area contributed by atoms with E-state index in [4.69, 9.17) is 0 Å². The van der Waals surface area contributed by atoms with Gasteiger partial charge in [0.05, 0.1) is 5.69 Å². The summed E-state index contributed by atoms with van der Waals surface area (Å²) in [6.45, 7) is 0. The molecule has 0 aliphatic heterocycles. The lowest BCUT2D eigenvalue weighted by atomic mass is 9.79. The van der Waals surface area contributed by atoms with Crippen molar-refractivity contribution >= 4 is 12.6 Å². The Morgan fingerprint density at radius 3 is 2.65 bits per heavy atom. The molecule has 4 nitrogen and oxygen atoms in total. The highest BCUT2D eigenvalue weighted by molar-refractivity contribution is 6.58. The molecule has 1 aliphatic rings. The maximum Gasteiger partial charge on any atom is 0.488 e. The monoisotopic (exact) mass is 228 g/mol. The molecule has 3 rings (SSSR count). The lowest BCUT2D eigenvalue weighted by Crippen LogP contribution is -2.30. The Morgan fingerprint density at radius 1 is 1.24 bits per heavy atom. The SMILES string of the molecule is OB(O)c1cc(C2CC2)cc(-n2cccn2)c1. The predicted molar refractivity (Wildman–Crippen MR) is 65.4 cm³/mol. The summed E-state index contributed by atoms with van der Waals surface area (Å²) in [6.07, 6.45) is 5.92. The summed E-state index contributed by atoms with van der Waals surface area (Å²) in [4.78, 5) is 0. The first kappa shape index (κ1) is 10.6. The molecule has 1 aromatic heterocycles. The van der Waals surface area contributed by atoms with Gasteiger partial charge in [-0.15, -0.1) is 0 Å². The Bertz CT molecular complexity index is 501. The van der Waals surface area contributed by atoms with Gasteiger partial charge in [0, 0.05) is 12.4 Å². The largest absolute Gasteiger partial charge is 0.488 e. The van der Waals surface area contributed by atoms with Crippen LogP contribution in [0.1, 0.15) is 24.3 Å². The van der Waals surface area contributed by atoms with E-state index in [2.05, 4.69) is 11.2 Å². The second-order valence-corrected chi connectivity index (χ2v) is 4.46. The van der Waals surface area contributed by atoms with Gasteiger partial charge in [0.1, 0.15) is 0 Å². The van der Waals surface area contributed by atoms with Gasteiger partial charge >= 0.3 is 7.12 Å². The van der Waals surface area contributed by atoms with Crippen LogP contribution in [0.25, 0.3) is 5.69 Å². The van der Waals surface area contributed by atoms with Gasteiger partial charge < -0.3 is 10.0 Å². The fourth-order valence-corrected chi connectivity index (χ4v) is 2.01. The Morgan fingerprint density at radius 2 is 2.06 bits per heavy atom. The van der Waals surface area contributed by atoms with Crippen LogP contribution >= 0.6 is 0 Å². The van der Waals surface area contributed by atoms with E-state index < -0.39 is 7.12 Å². The van der Waals surface area contributed by atoms with Crippen molar-refractivity contribution in [2.24, 2.45) is 0 Å². The summed E-state index contributed by atoms with van der Waals surface area (Å²) in [6, 6.07) is 7.54. The maximum absolute atomic E-state index is 9.30. The summed E-state index contributed by atoms with van der Waals surface area (Å²) >= 11 is 0. The van der Waals surface area contributed by atoms with Crippen LogP contribution in [0.4, 0.5) is 0 Å². The van der Waals surface area contributed by atoms with Gasteiger partial charge in [-0.05, 0) is 48.0 Å². The molecule has 2 N–H and O–H groups in total. The minimum absolute atomic E-state index is 0.528. The number of benzene rings is 1. The molecule has 1 heterocycles. The Hall–Kier alpha value is -1.59. The van der Waals surface area contributed by atoms with Crippen LogP contribution in [-0.2, 0) is 0 Å². The van der Waals surface area contributed by atoms with E-state index in [0.29, 0.717) is 11.4 Å². The molecule has 17 heavy (non-hydrogen) atoms. The van der Waals surface area contributed by atoms with Crippen molar-refractivity contribution in [3.05, 3.63) is 42.2 Å². The molecule has 0 atom stereocenters. The van der Waals surface area contributed by atoms with Crippen LogP contribution in [0.2, 0.25) is 0 Å². The molecule has 86 valence electrons. The molecule has 0 unspecified atom stereocenters. The molecule has 0 spiro atoms. The number of nitrogens with zero attached hydrogens (tertiary/aromatic N) is 2. The van der Waals surface area contributed by atoms with Gasteiger partial charge in [0.2, 0.25) is 0 Å². The first-order chi connectivity index (χ1) is 8.24. The second kappa shape index (κ2) is 4.02. The average Bonchev–Trinajstić information content (AvgIpc) is 3.04. The first-order valence-electron chi connectivity index (χ1n) is 5.75. The maximum atomic E-state index is 9.30. The molecule has 0 radical (unpaired) electrons. The molecule has 2 aromatic rings. The van der Waals surface area contributed by atoms with Crippen LogP contribution in [-0.4, -0.2) is 26.9 Å². The molecular formula is C12H13BN2O2. The zero-order chi connectivity index (χ0) is 11.8. The van der Waals surface area contributed by atoms with Gasteiger partial charge in [-0.2, -0.15) is 5.10 Å². The van der Waals surface area contributed by atoms with E-state index >= 15 is 0 Å². The quantitative estimate of drug-likeness (QED) is 0.749. The lowest BCUT2D eigenvalue weighted by Gasteiger charge is -2.09. The van der Waals surface area contributed by atoms with Crippen molar-refractivity contribution in [2.45, 2.75) is 18.8 Å². The topological polar surface area (TPSA) is 58.3 Å². The fraction of sp³-hybridized carbons (Fsp3) is 0.250. The van der Waals surface area contributed by atoms with E-state index in [9.17, 15) is 10.0 Å². The van der Waals surface area contributed by atoms with Crippen LogP contribution in [0.3, 0.4) is 0 Å². The fourth-order valence-electron chi connectivity index (χ4n) is 2.01. The molecule has 1 aliphatic carbocycles. The third-order valence-electron chi connectivity index (χ3n) is 3.08. The Kier molecular flexibility index (Phi) is 2.50. The molecular weight excluding hydrogens is 215 g/mol. The van der Waals surface area contributed by atoms with Crippen molar-refractivity contribution in [1.82, 2.24) is 9.78 Å². The zero-order valence-electron chi connectivity index (χ0n) is 9.32. The highest BCUT2D eigenvalue weighted by atomic mass is 16.4. The number of aromatic nitrogens is 2. The first-order valence-corrected chi connectivity index (χ1v) is 5.75. The van der Waals surface area contributed by atoms with Gasteiger partial charge in [-0.1, -0.05) is 6.07 Å². The van der Waals surface area contributed by atoms with Crippen LogP contribution < -0.4 is 5.46 Å². The average molecular weight is 228 g/mol. The van der Waals surface area contributed by atoms with Gasteiger partial charge in [-0.25, -0.2) is 4.68 Å². The predicted octanol–water partition coefficient (Wildman–Crippen LogP) is 0.429. The smallest absolute Gasteiger partial charge is 0.423 e. The Balaban J connectivity index is 2.08. The van der Waals surface area contributed by atoms with Crippen molar-refractivity contribution in [3.63, 3.8) is 0 Å². The number of hydrogen-bond acceptors (Lipinski definition) is 3. The van der Waals surface area contributed by atoms with Crippen molar-refractivity contribution in [1.29, 1.82) is 0 Å². The van der Waals surface area contributed by atoms with Gasteiger partial charge in [0.25, 0.3) is 0 Å². The van der Waals surface area contributed by atoms with Gasteiger partial charge in [0.15, 0.2) is 0 Å². The lowest BCUT2D eigenvalue weighted by molar-refractivity contribution is 0.425. The molecule has 0 amide bonds. The number of hydrogen-bond donors (Lipinski definition) is 2. The molecule has 1 saturated carbocycles. The summed E-state index contributed by atoms with van der Waals surface area (Å²) in [7, 11) is -1.43. The van der Waals surface area contributed by atoms with E-state index in [1.165, 1.54) is 18.4 Å². The number of rotatable bonds is 3. The second-order valence-electron chi connectivity index (χ2n) is 4.46. The molecule has 0 saturated heterocycles. The Labute approximate surface area is 99.7 Å².